The second-order valence-electron chi connectivity index (χ2n) is 4.59. The van der Waals surface area contributed by atoms with Gasteiger partial charge in [0.05, 0.1) is 0 Å². The Morgan fingerprint density at radius 1 is 1.15 bits per heavy atom. The number of hydrogen-bond donors (Lipinski definition) is 2. The summed E-state index contributed by atoms with van der Waals surface area (Å²) < 4.78 is 0. The molecule has 4 heteroatoms. The number of thiophene rings is 1. The van der Waals surface area contributed by atoms with Crippen LogP contribution in [0.15, 0.2) is 41.8 Å². The molecule has 106 valence electrons. The van der Waals surface area contributed by atoms with Crippen LogP contribution in [0.25, 0.3) is 0 Å². The maximum Gasteiger partial charge on any atom is 0.251 e. The van der Waals surface area contributed by atoms with Crippen LogP contribution in [-0.4, -0.2) is 19.0 Å². The van der Waals surface area contributed by atoms with Crippen molar-refractivity contribution in [3.8, 4) is 0 Å². The van der Waals surface area contributed by atoms with Crippen molar-refractivity contribution in [3.63, 3.8) is 0 Å². The molecule has 0 radical (unpaired) electrons. The monoisotopic (exact) mass is 288 g/mol. The van der Waals surface area contributed by atoms with Crippen molar-refractivity contribution in [1.29, 1.82) is 0 Å². The normalized spacial score (nSPS) is 10.2. The minimum absolute atomic E-state index is 0.0106. The van der Waals surface area contributed by atoms with Crippen molar-refractivity contribution < 1.29 is 4.79 Å². The first-order chi connectivity index (χ1) is 9.79. The molecule has 1 aromatic heterocycles. The molecule has 0 aliphatic carbocycles. The van der Waals surface area contributed by atoms with Gasteiger partial charge in [0.2, 0.25) is 0 Å². The maximum atomic E-state index is 12.0. The molecule has 1 aromatic carbocycles. The lowest BCUT2D eigenvalue weighted by molar-refractivity contribution is 0.0954. The summed E-state index contributed by atoms with van der Waals surface area (Å²) in [7, 11) is 0. The summed E-state index contributed by atoms with van der Waals surface area (Å²) in [5.41, 5.74) is 1.76. The Morgan fingerprint density at radius 2 is 1.95 bits per heavy atom. The molecular weight excluding hydrogens is 268 g/mol. The average molecular weight is 288 g/mol. The summed E-state index contributed by atoms with van der Waals surface area (Å²) >= 11 is 1.72. The van der Waals surface area contributed by atoms with E-state index in [2.05, 4.69) is 29.0 Å². The topological polar surface area (TPSA) is 41.1 Å². The van der Waals surface area contributed by atoms with Gasteiger partial charge >= 0.3 is 0 Å². The second-order valence-corrected chi connectivity index (χ2v) is 5.62. The molecule has 2 aromatic rings. The van der Waals surface area contributed by atoms with Crippen LogP contribution < -0.4 is 10.6 Å². The first-order valence-electron chi connectivity index (χ1n) is 6.94. The van der Waals surface area contributed by atoms with Crippen LogP contribution in [0.5, 0.6) is 0 Å². The lowest BCUT2D eigenvalue weighted by atomic mass is 10.2. The van der Waals surface area contributed by atoms with Crippen molar-refractivity contribution in [2.45, 2.75) is 19.8 Å². The summed E-state index contributed by atoms with van der Waals surface area (Å²) in [6.07, 6.45) is 1.98. The minimum atomic E-state index is -0.0106. The molecule has 0 saturated heterocycles. The molecule has 0 spiro atoms. The summed E-state index contributed by atoms with van der Waals surface area (Å²) in [5.74, 6) is -0.0106. The third-order valence-electron chi connectivity index (χ3n) is 2.96. The highest BCUT2D eigenvalue weighted by Gasteiger charge is 2.04. The van der Waals surface area contributed by atoms with E-state index in [0.717, 1.165) is 25.1 Å². The lowest BCUT2D eigenvalue weighted by Gasteiger charge is -2.07. The molecule has 20 heavy (non-hydrogen) atoms. The molecule has 1 amide bonds. The predicted molar refractivity (Wildman–Crippen MR) is 85.6 cm³/mol. The minimum Gasteiger partial charge on any atom is -0.385 e. The summed E-state index contributed by atoms with van der Waals surface area (Å²) in [6, 6.07) is 11.7. The summed E-state index contributed by atoms with van der Waals surface area (Å²) in [6.45, 7) is 3.75. The third kappa shape index (κ3) is 4.38. The van der Waals surface area contributed by atoms with Crippen molar-refractivity contribution in [2.75, 3.05) is 18.4 Å². The van der Waals surface area contributed by atoms with E-state index in [4.69, 9.17) is 0 Å². The van der Waals surface area contributed by atoms with Crippen LogP contribution in [0.4, 0.5) is 5.69 Å². The zero-order chi connectivity index (χ0) is 14.2. The molecule has 0 fully saturated rings. The van der Waals surface area contributed by atoms with E-state index in [1.54, 1.807) is 11.3 Å². The Kier molecular flexibility index (Phi) is 5.62. The van der Waals surface area contributed by atoms with Gasteiger partial charge in [0.1, 0.15) is 0 Å². The quantitative estimate of drug-likeness (QED) is 0.818. The van der Waals surface area contributed by atoms with E-state index in [0.29, 0.717) is 12.1 Å². The smallest absolute Gasteiger partial charge is 0.251 e. The molecule has 0 saturated carbocycles. The van der Waals surface area contributed by atoms with Crippen molar-refractivity contribution in [1.82, 2.24) is 5.32 Å². The molecule has 3 nitrogen and oxygen atoms in total. The van der Waals surface area contributed by atoms with Crippen LogP contribution in [0.1, 0.15) is 28.6 Å². The van der Waals surface area contributed by atoms with Crippen molar-refractivity contribution >= 4 is 22.9 Å². The second kappa shape index (κ2) is 7.70. The largest absolute Gasteiger partial charge is 0.385 e. The highest BCUT2D eigenvalue weighted by molar-refractivity contribution is 7.09. The van der Waals surface area contributed by atoms with Gasteiger partial charge in [-0.2, -0.15) is 0 Å². The molecule has 0 aliphatic rings. The Hall–Kier alpha value is -1.81. The van der Waals surface area contributed by atoms with Crippen LogP contribution in [-0.2, 0) is 6.42 Å². The van der Waals surface area contributed by atoms with E-state index in [9.17, 15) is 4.79 Å². The zero-order valence-electron chi connectivity index (χ0n) is 11.7. The molecular formula is C16H20N2OS. The van der Waals surface area contributed by atoms with Crippen LogP contribution in [0.3, 0.4) is 0 Å². The molecule has 0 atom stereocenters. The summed E-state index contributed by atoms with van der Waals surface area (Å²) in [4.78, 5) is 13.3. The number of carbonyl (C=O) groups excluding carboxylic acids is 1. The number of carbonyl (C=O) groups is 1. The van der Waals surface area contributed by atoms with Gasteiger partial charge in [-0.05, 0) is 48.6 Å². The molecule has 0 unspecified atom stereocenters. The van der Waals surface area contributed by atoms with E-state index < -0.39 is 0 Å². The number of anilines is 1. The van der Waals surface area contributed by atoms with Crippen LogP contribution in [0.2, 0.25) is 0 Å². The number of nitrogens with one attached hydrogen (secondary N) is 2. The summed E-state index contributed by atoms with van der Waals surface area (Å²) in [5, 5.41) is 8.29. The van der Waals surface area contributed by atoms with Crippen LogP contribution >= 0.6 is 11.3 Å². The number of amides is 1. The molecule has 2 rings (SSSR count). The first kappa shape index (κ1) is 14.6. The van der Waals surface area contributed by atoms with Gasteiger partial charge < -0.3 is 10.6 Å². The van der Waals surface area contributed by atoms with E-state index in [1.807, 2.05) is 30.3 Å². The van der Waals surface area contributed by atoms with E-state index in [1.165, 1.54) is 4.88 Å². The highest BCUT2D eigenvalue weighted by Crippen LogP contribution is 2.10. The SMILES string of the molecule is CCCNc1ccc(C(=O)NCCc2cccs2)cc1. The fourth-order valence-electron chi connectivity index (χ4n) is 1.86. The van der Waals surface area contributed by atoms with Crippen molar-refractivity contribution in [3.05, 3.63) is 52.2 Å². The molecule has 0 aliphatic heterocycles. The fourth-order valence-corrected chi connectivity index (χ4v) is 2.57. The lowest BCUT2D eigenvalue weighted by Crippen LogP contribution is -2.25. The Morgan fingerprint density at radius 3 is 2.60 bits per heavy atom. The molecule has 1 heterocycles. The van der Waals surface area contributed by atoms with Crippen molar-refractivity contribution in [2.24, 2.45) is 0 Å². The Balaban J connectivity index is 1.79. The van der Waals surface area contributed by atoms with Gasteiger partial charge in [0.25, 0.3) is 5.91 Å². The predicted octanol–water partition coefficient (Wildman–Crippen LogP) is 3.54. The Bertz CT molecular complexity index is 520. The van der Waals surface area contributed by atoms with Gasteiger partial charge in [0.15, 0.2) is 0 Å². The fraction of sp³-hybridized carbons (Fsp3) is 0.312. The number of hydrogen-bond acceptors (Lipinski definition) is 3. The third-order valence-corrected chi connectivity index (χ3v) is 3.90. The number of benzene rings is 1. The number of rotatable bonds is 7. The van der Waals surface area contributed by atoms with Crippen LogP contribution in [0, 0.1) is 0 Å². The molecule has 0 bridgehead atoms. The van der Waals surface area contributed by atoms with E-state index >= 15 is 0 Å². The van der Waals surface area contributed by atoms with Gasteiger partial charge in [-0.3, -0.25) is 4.79 Å². The maximum absolute atomic E-state index is 12.0. The standard InChI is InChI=1S/C16H20N2OS/c1-2-10-17-14-7-5-13(6-8-14)16(19)18-11-9-15-4-3-12-20-15/h3-8,12,17H,2,9-11H2,1H3,(H,18,19). The zero-order valence-corrected chi connectivity index (χ0v) is 12.5. The van der Waals surface area contributed by atoms with Gasteiger partial charge in [0, 0.05) is 29.2 Å². The average Bonchev–Trinajstić information content (AvgIpc) is 2.99. The van der Waals surface area contributed by atoms with Gasteiger partial charge in [-0.1, -0.05) is 13.0 Å². The van der Waals surface area contributed by atoms with Gasteiger partial charge in [-0.15, -0.1) is 11.3 Å². The Labute approximate surface area is 124 Å². The van der Waals surface area contributed by atoms with E-state index in [-0.39, 0.29) is 5.91 Å². The first-order valence-corrected chi connectivity index (χ1v) is 7.82. The highest BCUT2D eigenvalue weighted by atomic mass is 32.1. The van der Waals surface area contributed by atoms with Gasteiger partial charge in [-0.25, -0.2) is 0 Å². The molecule has 2 N–H and O–H groups in total.